The van der Waals surface area contributed by atoms with Crippen molar-refractivity contribution in [2.75, 3.05) is 7.05 Å². The Morgan fingerprint density at radius 2 is 2.00 bits per heavy atom. The van der Waals surface area contributed by atoms with Crippen LogP contribution in [0.3, 0.4) is 0 Å². The van der Waals surface area contributed by atoms with Gasteiger partial charge in [0.1, 0.15) is 0 Å². The molecular formula is C9H10N2O. The number of carbonyl (C=O) groups excluding carboxylic acids is 1. The standard InChI is InChI=1S/C9H10N2O/c1-11(8-12)10-7-9-5-3-2-4-6-9/h2-8H,1H3. The van der Waals surface area contributed by atoms with Gasteiger partial charge in [0.05, 0.1) is 6.21 Å². The lowest BCUT2D eigenvalue weighted by Crippen LogP contribution is -2.07. The van der Waals surface area contributed by atoms with Gasteiger partial charge in [-0.3, -0.25) is 4.79 Å². The molecule has 0 fully saturated rings. The van der Waals surface area contributed by atoms with Crippen LogP contribution in [0.5, 0.6) is 0 Å². The first-order chi connectivity index (χ1) is 5.83. The molecule has 1 rings (SSSR count). The molecule has 12 heavy (non-hydrogen) atoms. The van der Waals surface area contributed by atoms with Crippen molar-refractivity contribution in [1.29, 1.82) is 0 Å². The van der Waals surface area contributed by atoms with Crippen LogP contribution in [0, 0.1) is 0 Å². The van der Waals surface area contributed by atoms with Gasteiger partial charge < -0.3 is 0 Å². The van der Waals surface area contributed by atoms with Crippen LogP contribution in [0.15, 0.2) is 35.4 Å². The average molecular weight is 162 g/mol. The maximum Gasteiger partial charge on any atom is 0.229 e. The molecule has 1 aromatic carbocycles. The molecule has 0 spiro atoms. The molecule has 0 saturated heterocycles. The minimum absolute atomic E-state index is 0.652. The molecule has 0 aliphatic carbocycles. The number of nitrogens with zero attached hydrogens (tertiary/aromatic N) is 2. The summed E-state index contributed by atoms with van der Waals surface area (Å²) in [7, 11) is 1.59. The summed E-state index contributed by atoms with van der Waals surface area (Å²) in [4.78, 5) is 10.1. The Kier molecular flexibility index (Phi) is 3.02. The maximum absolute atomic E-state index is 10.1. The van der Waals surface area contributed by atoms with Crippen molar-refractivity contribution in [3.63, 3.8) is 0 Å². The van der Waals surface area contributed by atoms with Crippen molar-refractivity contribution < 1.29 is 4.79 Å². The predicted molar refractivity (Wildman–Crippen MR) is 47.9 cm³/mol. The van der Waals surface area contributed by atoms with Gasteiger partial charge in [-0.15, -0.1) is 0 Å². The van der Waals surface area contributed by atoms with Crippen molar-refractivity contribution >= 4 is 12.6 Å². The van der Waals surface area contributed by atoms with Crippen molar-refractivity contribution in [3.8, 4) is 0 Å². The van der Waals surface area contributed by atoms with Crippen LogP contribution in [0.25, 0.3) is 0 Å². The lowest BCUT2D eigenvalue weighted by Gasteiger charge is -1.99. The molecule has 0 heterocycles. The fraction of sp³-hybridized carbons (Fsp3) is 0.111. The summed E-state index contributed by atoms with van der Waals surface area (Å²) in [5, 5.41) is 5.07. The van der Waals surface area contributed by atoms with Crippen LogP contribution in [-0.2, 0) is 4.79 Å². The fourth-order valence-electron chi connectivity index (χ4n) is 0.724. The Balaban J connectivity index is 2.63. The molecule has 0 saturated carbocycles. The second kappa shape index (κ2) is 4.28. The third-order valence-electron chi connectivity index (χ3n) is 1.34. The number of rotatable bonds is 3. The van der Waals surface area contributed by atoms with Crippen molar-refractivity contribution in [3.05, 3.63) is 35.9 Å². The molecule has 3 nitrogen and oxygen atoms in total. The van der Waals surface area contributed by atoms with Crippen molar-refractivity contribution in [2.45, 2.75) is 0 Å². The molecule has 62 valence electrons. The van der Waals surface area contributed by atoms with E-state index in [4.69, 9.17) is 0 Å². The smallest absolute Gasteiger partial charge is 0.229 e. The van der Waals surface area contributed by atoms with Gasteiger partial charge in [0.15, 0.2) is 0 Å². The minimum Gasteiger partial charge on any atom is -0.277 e. The van der Waals surface area contributed by atoms with E-state index in [2.05, 4.69) is 5.10 Å². The summed E-state index contributed by atoms with van der Waals surface area (Å²) in [5.74, 6) is 0. The van der Waals surface area contributed by atoms with Gasteiger partial charge in [0, 0.05) is 7.05 Å². The first kappa shape index (κ1) is 8.46. The third kappa shape index (κ3) is 2.54. The van der Waals surface area contributed by atoms with Gasteiger partial charge >= 0.3 is 0 Å². The van der Waals surface area contributed by atoms with Gasteiger partial charge in [-0.25, -0.2) is 5.01 Å². The quantitative estimate of drug-likeness (QED) is 0.372. The summed E-state index contributed by atoms with van der Waals surface area (Å²) in [6.45, 7) is 0. The van der Waals surface area contributed by atoms with E-state index in [-0.39, 0.29) is 0 Å². The van der Waals surface area contributed by atoms with Gasteiger partial charge in [0.25, 0.3) is 0 Å². The van der Waals surface area contributed by atoms with E-state index in [1.807, 2.05) is 30.3 Å². The maximum atomic E-state index is 10.1. The summed E-state index contributed by atoms with van der Waals surface area (Å²) >= 11 is 0. The lowest BCUT2D eigenvalue weighted by molar-refractivity contribution is -0.116. The minimum atomic E-state index is 0.652. The number of hydrogen-bond acceptors (Lipinski definition) is 2. The first-order valence-electron chi connectivity index (χ1n) is 3.60. The Bertz CT molecular complexity index is 269. The zero-order valence-corrected chi connectivity index (χ0v) is 6.84. The number of amides is 1. The molecule has 0 radical (unpaired) electrons. The summed E-state index contributed by atoms with van der Waals surface area (Å²) in [6, 6.07) is 9.61. The monoisotopic (exact) mass is 162 g/mol. The zero-order valence-electron chi connectivity index (χ0n) is 6.84. The SMILES string of the molecule is CN(C=O)N=Cc1ccccc1. The van der Waals surface area contributed by atoms with E-state index in [0.717, 1.165) is 5.56 Å². The molecule has 0 unspecified atom stereocenters. The van der Waals surface area contributed by atoms with Gasteiger partial charge in [-0.1, -0.05) is 30.3 Å². The van der Waals surface area contributed by atoms with Crippen LogP contribution in [0.1, 0.15) is 5.56 Å². The van der Waals surface area contributed by atoms with Crippen LogP contribution >= 0.6 is 0 Å². The van der Waals surface area contributed by atoms with E-state index in [9.17, 15) is 4.79 Å². The molecule has 1 aromatic rings. The van der Waals surface area contributed by atoms with Crippen molar-refractivity contribution in [2.24, 2.45) is 5.10 Å². The molecule has 0 aromatic heterocycles. The Morgan fingerprint density at radius 3 is 2.58 bits per heavy atom. The highest BCUT2D eigenvalue weighted by molar-refractivity contribution is 5.79. The highest BCUT2D eigenvalue weighted by atomic mass is 16.1. The molecule has 0 aliphatic rings. The van der Waals surface area contributed by atoms with Gasteiger partial charge in [-0.2, -0.15) is 5.10 Å². The Hall–Kier alpha value is -1.64. The molecule has 3 heteroatoms. The van der Waals surface area contributed by atoms with Gasteiger partial charge in [0.2, 0.25) is 6.41 Å². The van der Waals surface area contributed by atoms with Crippen LogP contribution in [0.4, 0.5) is 0 Å². The topological polar surface area (TPSA) is 32.7 Å². The highest BCUT2D eigenvalue weighted by Crippen LogP contribution is 1.93. The zero-order chi connectivity index (χ0) is 8.81. The Morgan fingerprint density at radius 1 is 1.33 bits per heavy atom. The molecule has 1 amide bonds. The summed E-state index contributed by atoms with van der Waals surface area (Å²) < 4.78 is 0. The van der Waals surface area contributed by atoms with Crippen LogP contribution in [0.2, 0.25) is 0 Å². The number of hydrazone groups is 1. The lowest BCUT2D eigenvalue weighted by atomic mass is 10.2. The number of benzene rings is 1. The van der Waals surface area contributed by atoms with E-state index >= 15 is 0 Å². The summed E-state index contributed by atoms with van der Waals surface area (Å²) in [5.41, 5.74) is 0.978. The number of hydrogen-bond donors (Lipinski definition) is 0. The van der Waals surface area contributed by atoms with E-state index in [1.165, 1.54) is 5.01 Å². The fourth-order valence-corrected chi connectivity index (χ4v) is 0.724. The third-order valence-corrected chi connectivity index (χ3v) is 1.34. The van der Waals surface area contributed by atoms with Gasteiger partial charge in [-0.05, 0) is 5.56 Å². The van der Waals surface area contributed by atoms with E-state index in [0.29, 0.717) is 6.41 Å². The van der Waals surface area contributed by atoms with Crippen LogP contribution < -0.4 is 0 Å². The molecule has 0 bridgehead atoms. The van der Waals surface area contributed by atoms with Crippen LogP contribution in [-0.4, -0.2) is 24.7 Å². The Labute approximate surface area is 71.3 Å². The first-order valence-corrected chi connectivity index (χ1v) is 3.60. The van der Waals surface area contributed by atoms with Crippen molar-refractivity contribution in [1.82, 2.24) is 5.01 Å². The molecule has 0 N–H and O–H groups in total. The number of carbonyl (C=O) groups is 1. The second-order valence-electron chi connectivity index (χ2n) is 2.33. The van der Waals surface area contributed by atoms with E-state index in [1.54, 1.807) is 13.3 Å². The largest absolute Gasteiger partial charge is 0.277 e. The molecule has 0 aliphatic heterocycles. The predicted octanol–water partition coefficient (Wildman–Crippen LogP) is 1.11. The average Bonchev–Trinajstić information content (AvgIpc) is 2.16. The highest BCUT2D eigenvalue weighted by Gasteiger charge is 1.85. The molecule has 0 atom stereocenters. The second-order valence-corrected chi connectivity index (χ2v) is 2.33. The summed E-state index contributed by atoms with van der Waals surface area (Å²) in [6.07, 6.45) is 2.29. The van der Waals surface area contributed by atoms with E-state index < -0.39 is 0 Å². The molecular weight excluding hydrogens is 152 g/mol. The normalized spacial score (nSPS) is 10.1.